The molecule has 24 heavy (non-hydrogen) atoms. The van der Waals surface area contributed by atoms with Crippen LogP contribution in [0.1, 0.15) is 50.3 Å². The van der Waals surface area contributed by atoms with Gasteiger partial charge in [0.1, 0.15) is 11.4 Å². The van der Waals surface area contributed by atoms with Gasteiger partial charge in [0.15, 0.2) is 0 Å². The SMILES string of the molecule is CCc1cc2c(=O)n(CC(=O)N(C3CCCC3)C3CC3)cnc2s1. The van der Waals surface area contributed by atoms with E-state index in [1.807, 2.05) is 6.07 Å². The minimum atomic E-state index is -0.0912. The first-order valence-electron chi connectivity index (χ1n) is 8.96. The van der Waals surface area contributed by atoms with E-state index in [0.29, 0.717) is 17.5 Å². The Morgan fingerprint density at radius 3 is 2.67 bits per heavy atom. The second kappa shape index (κ2) is 6.31. The third kappa shape index (κ3) is 2.88. The summed E-state index contributed by atoms with van der Waals surface area (Å²) in [4.78, 5) is 34.0. The quantitative estimate of drug-likeness (QED) is 0.837. The highest BCUT2D eigenvalue weighted by atomic mass is 32.1. The van der Waals surface area contributed by atoms with Crippen molar-refractivity contribution >= 4 is 27.5 Å². The highest BCUT2D eigenvalue weighted by Crippen LogP contribution is 2.34. The lowest BCUT2D eigenvalue weighted by atomic mass is 10.2. The number of amides is 1. The van der Waals surface area contributed by atoms with E-state index in [4.69, 9.17) is 0 Å². The number of nitrogens with zero attached hydrogens (tertiary/aromatic N) is 3. The molecule has 6 heteroatoms. The van der Waals surface area contributed by atoms with Crippen LogP contribution in [0, 0.1) is 0 Å². The van der Waals surface area contributed by atoms with Gasteiger partial charge in [0.25, 0.3) is 5.56 Å². The molecule has 128 valence electrons. The first kappa shape index (κ1) is 15.8. The zero-order valence-electron chi connectivity index (χ0n) is 14.0. The van der Waals surface area contributed by atoms with E-state index in [0.717, 1.165) is 41.8 Å². The van der Waals surface area contributed by atoms with Gasteiger partial charge in [-0.3, -0.25) is 14.2 Å². The average molecular weight is 345 g/mol. The summed E-state index contributed by atoms with van der Waals surface area (Å²) < 4.78 is 1.49. The van der Waals surface area contributed by atoms with Crippen LogP contribution < -0.4 is 5.56 Å². The number of aryl methyl sites for hydroxylation is 1. The van der Waals surface area contributed by atoms with Gasteiger partial charge in [-0.1, -0.05) is 19.8 Å². The molecule has 2 aromatic heterocycles. The summed E-state index contributed by atoms with van der Waals surface area (Å²) in [5, 5.41) is 0.644. The van der Waals surface area contributed by atoms with Crippen molar-refractivity contribution in [3.8, 4) is 0 Å². The van der Waals surface area contributed by atoms with E-state index in [2.05, 4.69) is 16.8 Å². The number of carbonyl (C=O) groups is 1. The van der Waals surface area contributed by atoms with E-state index in [1.54, 1.807) is 11.3 Å². The predicted molar refractivity (Wildman–Crippen MR) is 95.4 cm³/mol. The van der Waals surface area contributed by atoms with Gasteiger partial charge in [0, 0.05) is 17.0 Å². The first-order valence-corrected chi connectivity index (χ1v) is 9.78. The number of aromatic nitrogens is 2. The number of rotatable bonds is 5. The maximum atomic E-state index is 12.9. The van der Waals surface area contributed by atoms with Crippen molar-refractivity contribution in [3.05, 3.63) is 27.6 Å². The van der Waals surface area contributed by atoms with Gasteiger partial charge >= 0.3 is 0 Å². The number of fused-ring (bicyclic) bond motifs is 1. The third-order valence-electron chi connectivity index (χ3n) is 5.17. The van der Waals surface area contributed by atoms with Gasteiger partial charge in [-0.15, -0.1) is 11.3 Å². The molecule has 2 aliphatic carbocycles. The highest BCUT2D eigenvalue weighted by molar-refractivity contribution is 7.18. The Kier molecular flexibility index (Phi) is 4.16. The molecule has 0 N–H and O–H groups in total. The van der Waals surface area contributed by atoms with E-state index >= 15 is 0 Å². The molecule has 4 rings (SSSR count). The Hall–Kier alpha value is -1.69. The number of hydrogen-bond acceptors (Lipinski definition) is 4. The van der Waals surface area contributed by atoms with Crippen LogP contribution in [-0.2, 0) is 17.8 Å². The monoisotopic (exact) mass is 345 g/mol. The molecule has 2 aromatic rings. The molecule has 0 aromatic carbocycles. The lowest BCUT2D eigenvalue weighted by Crippen LogP contribution is -2.43. The largest absolute Gasteiger partial charge is 0.335 e. The Bertz CT molecular complexity index is 815. The normalized spacial score (nSPS) is 18.4. The van der Waals surface area contributed by atoms with Crippen molar-refractivity contribution in [1.82, 2.24) is 14.5 Å². The van der Waals surface area contributed by atoms with Crippen molar-refractivity contribution in [1.29, 1.82) is 0 Å². The predicted octanol–water partition coefficient (Wildman–Crippen LogP) is 2.95. The molecule has 2 heterocycles. The van der Waals surface area contributed by atoms with Crippen molar-refractivity contribution in [2.24, 2.45) is 0 Å². The molecule has 0 atom stereocenters. The summed E-state index contributed by atoms with van der Waals surface area (Å²) in [7, 11) is 0. The summed E-state index contributed by atoms with van der Waals surface area (Å²) in [6.07, 6.45) is 9.30. The van der Waals surface area contributed by atoms with E-state index in [9.17, 15) is 9.59 Å². The summed E-state index contributed by atoms with van der Waals surface area (Å²) in [6, 6.07) is 2.71. The topological polar surface area (TPSA) is 55.2 Å². The second-order valence-electron chi connectivity index (χ2n) is 6.93. The van der Waals surface area contributed by atoms with Crippen LogP contribution in [0.3, 0.4) is 0 Å². The summed E-state index contributed by atoms with van der Waals surface area (Å²) in [5.41, 5.74) is -0.0912. The van der Waals surface area contributed by atoms with Crippen LogP contribution in [0.15, 0.2) is 17.2 Å². The third-order valence-corrected chi connectivity index (χ3v) is 6.36. The average Bonchev–Trinajstić information content (AvgIpc) is 3.10. The first-order chi connectivity index (χ1) is 11.7. The molecule has 2 saturated carbocycles. The minimum absolute atomic E-state index is 0.0820. The fourth-order valence-corrected chi connectivity index (χ4v) is 4.69. The lowest BCUT2D eigenvalue weighted by Gasteiger charge is -2.29. The molecule has 0 bridgehead atoms. The summed E-state index contributed by atoms with van der Waals surface area (Å²) in [6.45, 7) is 2.19. The van der Waals surface area contributed by atoms with Gasteiger partial charge < -0.3 is 4.90 Å². The smallest absolute Gasteiger partial charge is 0.262 e. The van der Waals surface area contributed by atoms with Crippen LogP contribution >= 0.6 is 11.3 Å². The zero-order chi connectivity index (χ0) is 16.7. The van der Waals surface area contributed by atoms with Crippen molar-refractivity contribution in [3.63, 3.8) is 0 Å². The van der Waals surface area contributed by atoms with E-state index in [1.165, 1.54) is 23.7 Å². The molecule has 0 spiro atoms. The van der Waals surface area contributed by atoms with Gasteiger partial charge in [0.2, 0.25) is 5.91 Å². The molecule has 0 unspecified atom stereocenters. The Labute approximate surface area is 145 Å². The molecule has 2 aliphatic rings. The maximum absolute atomic E-state index is 12.9. The van der Waals surface area contributed by atoms with Crippen molar-refractivity contribution in [2.75, 3.05) is 0 Å². The molecule has 0 saturated heterocycles. The summed E-state index contributed by atoms with van der Waals surface area (Å²) >= 11 is 1.56. The van der Waals surface area contributed by atoms with Gasteiger partial charge in [0.05, 0.1) is 11.7 Å². The van der Waals surface area contributed by atoms with Crippen molar-refractivity contribution < 1.29 is 4.79 Å². The number of thiophene rings is 1. The van der Waals surface area contributed by atoms with Gasteiger partial charge in [-0.2, -0.15) is 0 Å². The molecule has 2 fully saturated rings. The lowest BCUT2D eigenvalue weighted by molar-refractivity contribution is -0.134. The second-order valence-corrected chi connectivity index (χ2v) is 8.05. The molecule has 0 aliphatic heterocycles. The fourth-order valence-electron chi connectivity index (χ4n) is 3.76. The molecule has 1 amide bonds. The van der Waals surface area contributed by atoms with Crippen molar-refractivity contribution in [2.45, 2.75) is 70.5 Å². The zero-order valence-corrected chi connectivity index (χ0v) is 14.8. The standard InChI is InChI=1S/C18H23N3O2S/c1-2-14-9-15-17(24-14)19-11-20(18(15)23)10-16(22)21(13-7-8-13)12-5-3-4-6-12/h9,11-13H,2-8,10H2,1H3. The number of hydrogen-bond donors (Lipinski definition) is 0. The molecule has 0 radical (unpaired) electrons. The number of carbonyl (C=O) groups excluding carboxylic acids is 1. The maximum Gasteiger partial charge on any atom is 0.262 e. The van der Waals surface area contributed by atoms with Crippen LogP contribution in [0.4, 0.5) is 0 Å². The van der Waals surface area contributed by atoms with Crippen LogP contribution in [-0.4, -0.2) is 32.4 Å². The van der Waals surface area contributed by atoms with Crippen LogP contribution in [0.2, 0.25) is 0 Å². The Morgan fingerprint density at radius 2 is 2.00 bits per heavy atom. The fraction of sp³-hybridized carbons (Fsp3) is 0.611. The molecule has 5 nitrogen and oxygen atoms in total. The Morgan fingerprint density at radius 1 is 1.29 bits per heavy atom. The highest BCUT2D eigenvalue weighted by Gasteiger charge is 2.38. The van der Waals surface area contributed by atoms with E-state index < -0.39 is 0 Å². The Balaban J connectivity index is 1.59. The van der Waals surface area contributed by atoms with Gasteiger partial charge in [-0.25, -0.2) is 4.98 Å². The molecular weight excluding hydrogens is 322 g/mol. The van der Waals surface area contributed by atoms with E-state index in [-0.39, 0.29) is 18.0 Å². The summed E-state index contributed by atoms with van der Waals surface area (Å²) in [5.74, 6) is 0.0820. The van der Waals surface area contributed by atoms with Crippen LogP contribution in [0.25, 0.3) is 10.2 Å². The minimum Gasteiger partial charge on any atom is -0.335 e. The molecular formula is C18H23N3O2S. The van der Waals surface area contributed by atoms with Crippen LogP contribution in [0.5, 0.6) is 0 Å². The van der Waals surface area contributed by atoms with Gasteiger partial charge in [-0.05, 0) is 38.2 Å².